The Morgan fingerprint density at radius 3 is 3.07 bits per heavy atom. The zero-order chi connectivity index (χ0) is 11.1. The molecule has 2 N–H and O–H groups in total. The molecule has 0 saturated carbocycles. The molecule has 0 saturated heterocycles. The van der Waals surface area contributed by atoms with Crippen LogP contribution in [-0.2, 0) is 21.5 Å². The Bertz CT molecular complexity index is 397. The number of nitrogens with two attached hydrogens (primary N) is 1. The third-order valence-electron chi connectivity index (χ3n) is 2.94. The minimum atomic E-state index is -1.01. The molecule has 82 valence electrons. The summed E-state index contributed by atoms with van der Waals surface area (Å²) in [5, 5.41) is 0. The van der Waals surface area contributed by atoms with Gasteiger partial charge in [-0.1, -0.05) is 0 Å². The smallest absolute Gasteiger partial charge is 0.330 e. The number of ether oxygens (including phenoxy) is 1. The van der Waals surface area contributed by atoms with Gasteiger partial charge in [-0.25, -0.2) is 4.79 Å². The van der Waals surface area contributed by atoms with E-state index in [1.165, 1.54) is 7.11 Å². The van der Waals surface area contributed by atoms with Gasteiger partial charge in [0.1, 0.15) is 17.1 Å². The third kappa shape index (κ3) is 1.45. The van der Waals surface area contributed by atoms with Crippen molar-refractivity contribution in [3.05, 3.63) is 23.2 Å². The minimum absolute atomic E-state index is 0.385. The van der Waals surface area contributed by atoms with Crippen LogP contribution in [-0.4, -0.2) is 13.1 Å². The highest BCUT2D eigenvalue weighted by molar-refractivity contribution is 5.83. The monoisotopic (exact) mass is 209 g/mol. The van der Waals surface area contributed by atoms with Gasteiger partial charge in [0.05, 0.1) is 7.11 Å². The highest BCUT2D eigenvalue weighted by atomic mass is 16.5. The van der Waals surface area contributed by atoms with Crippen LogP contribution in [0, 0.1) is 6.92 Å². The van der Waals surface area contributed by atoms with Crippen molar-refractivity contribution in [3.63, 3.8) is 0 Å². The fourth-order valence-corrected chi connectivity index (χ4v) is 2.18. The molecule has 0 aromatic carbocycles. The number of hydrogen-bond donors (Lipinski definition) is 1. The largest absolute Gasteiger partial charge is 0.467 e. The van der Waals surface area contributed by atoms with E-state index in [4.69, 9.17) is 14.9 Å². The van der Waals surface area contributed by atoms with Crippen LogP contribution < -0.4 is 5.73 Å². The fourth-order valence-electron chi connectivity index (χ4n) is 2.18. The molecule has 4 nitrogen and oxygen atoms in total. The molecule has 1 aliphatic rings. The van der Waals surface area contributed by atoms with E-state index in [-0.39, 0.29) is 5.97 Å². The first-order valence-electron chi connectivity index (χ1n) is 5.05. The number of aryl methyl sites for hydroxylation is 2. The SMILES string of the molecule is COC(=O)C1(N)CCCc2oc(C)cc21. The molecule has 1 heterocycles. The highest BCUT2D eigenvalue weighted by Crippen LogP contribution is 2.36. The zero-order valence-corrected chi connectivity index (χ0v) is 9.00. The maximum Gasteiger partial charge on any atom is 0.330 e. The summed E-state index contributed by atoms with van der Waals surface area (Å²) in [6.45, 7) is 1.86. The van der Waals surface area contributed by atoms with Gasteiger partial charge >= 0.3 is 5.97 Å². The van der Waals surface area contributed by atoms with E-state index in [1.807, 2.05) is 13.0 Å². The molecule has 1 aromatic heterocycles. The molecule has 0 radical (unpaired) electrons. The van der Waals surface area contributed by atoms with E-state index in [2.05, 4.69) is 0 Å². The highest BCUT2D eigenvalue weighted by Gasteiger charge is 2.42. The summed E-state index contributed by atoms with van der Waals surface area (Å²) in [5.41, 5.74) is 5.88. The average Bonchev–Trinajstić information content (AvgIpc) is 2.59. The van der Waals surface area contributed by atoms with Crippen LogP contribution in [0.25, 0.3) is 0 Å². The molecule has 1 atom stereocenters. The Hall–Kier alpha value is -1.29. The molecule has 2 rings (SSSR count). The minimum Gasteiger partial charge on any atom is -0.467 e. The average molecular weight is 209 g/mol. The van der Waals surface area contributed by atoms with Crippen LogP contribution in [0.1, 0.15) is 29.9 Å². The first-order chi connectivity index (χ1) is 7.08. The quantitative estimate of drug-likeness (QED) is 0.707. The second-order valence-electron chi connectivity index (χ2n) is 4.01. The second kappa shape index (κ2) is 3.38. The second-order valence-corrected chi connectivity index (χ2v) is 4.01. The lowest BCUT2D eigenvalue weighted by Crippen LogP contribution is -2.47. The van der Waals surface area contributed by atoms with E-state index in [1.54, 1.807) is 0 Å². The molecule has 0 spiro atoms. The molecule has 0 fully saturated rings. The number of rotatable bonds is 1. The third-order valence-corrected chi connectivity index (χ3v) is 2.94. The lowest BCUT2D eigenvalue weighted by molar-refractivity contribution is -0.148. The van der Waals surface area contributed by atoms with Gasteiger partial charge in [0, 0.05) is 12.0 Å². The Labute approximate surface area is 88.4 Å². The summed E-state index contributed by atoms with van der Waals surface area (Å²) >= 11 is 0. The Morgan fingerprint density at radius 1 is 1.67 bits per heavy atom. The molecule has 1 aromatic rings. The maximum atomic E-state index is 11.7. The van der Waals surface area contributed by atoms with Crippen molar-refractivity contribution in [1.29, 1.82) is 0 Å². The van der Waals surface area contributed by atoms with Crippen LogP contribution in [0.2, 0.25) is 0 Å². The number of fused-ring (bicyclic) bond motifs is 1. The van der Waals surface area contributed by atoms with Crippen LogP contribution in [0.15, 0.2) is 10.5 Å². The number of carbonyl (C=O) groups excluding carboxylic acids is 1. The van der Waals surface area contributed by atoms with Crippen molar-refractivity contribution in [2.24, 2.45) is 5.73 Å². The van der Waals surface area contributed by atoms with Gasteiger partial charge in [-0.2, -0.15) is 0 Å². The number of esters is 1. The predicted molar refractivity (Wildman–Crippen MR) is 54.3 cm³/mol. The van der Waals surface area contributed by atoms with Gasteiger partial charge in [-0.05, 0) is 25.8 Å². The molecule has 1 aliphatic carbocycles. The summed E-state index contributed by atoms with van der Waals surface area (Å²) < 4.78 is 10.3. The van der Waals surface area contributed by atoms with Crippen LogP contribution in [0.3, 0.4) is 0 Å². The molecule has 0 bridgehead atoms. The number of carbonyl (C=O) groups is 1. The van der Waals surface area contributed by atoms with E-state index in [0.29, 0.717) is 6.42 Å². The van der Waals surface area contributed by atoms with Crippen molar-refractivity contribution in [1.82, 2.24) is 0 Å². The van der Waals surface area contributed by atoms with E-state index in [9.17, 15) is 4.79 Å². The lowest BCUT2D eigenvalue weighted by atomic mass is 9.80. The Balaban J connectivity index is 2.48. The summed E-state index contributed by atoms with van der Waals surface area (Å²) in [7, 11) is 1.36. The maximum absolute atomic E-state index is 11.7. The van der Waals surface area contributed by atoms with Crippen LogP contribution in [0.4, 0.5) is 0 Å². The lowest BCUT2D eigenvalue weighted by Gasteiger charge is -2.29. The van der Waals surface area contributed by atoms with Gasteiger partial charge < -0.3 is 14.9 Å². The Kier molecular flexibility index (Phi) is 2.31. The number of hydrogen-bond acceptors (Lipinski definition) is 4. The van der Waals surface area contributed by atoms with Gasteiger partial charge in [0.2, 0.25) is 0 Å². The normalized spacial score (nSPS) is 24.7. The Morgan fingerprint density at radius 2 is 2.40 bits per heavy atom. The molecule has 0 amide bonds. The van der Waals surface area contributed by atoms with E-state index >= 15 is 0 Å². The molecular weight excluding hydrogens is 194 g/mol. The zero-order valence-electron chi connectivity index (χ0n) is 9.00. The molecule has 1 unspecified atom stereocenters. The van der Waals surface area contributed by atoms with Crippen molar-refractivity contribution < 1.29 is 13.9 Å². The van der Waals surface area contributed by atoms with Gasteiger partial charge in [0.15, 0.2) is 0 Å². The summed E-state index contributed by atoms with van der Waals surface area (Å²) in [6.07, 6.45) is 2.32. The van der Waals surface area contributed by atoms with Crippen molar-refractivity contribution in [2.45, 2.75) is 31.7 Å². The topological polar surface area (TPSA) is 65.5 Å². The molecular formula is C11H15NO3. The summed E-state index contributed by atoms with van der Waals surface area (Å²) in [5.74, 6) is 1.23. The summed E-state index contributed by atoms with van der Waals surface area (Å²) in [4.78, 5) is 11.7. The predicted octanol–water partition coefficient (Wildman–Crippen LogP) is 1.25. The standard InChI is InChI=1S/C11H15NO3/c1-7-6-8-9(15-7)4-3-5-11(8,12)10(13)14-2/h6H,3-5,12H2,1-2H3. The first kappa shape index (κ1) is 10.2. The molecule has 15 heavy (non-hydrogen) atoms. The van der Waals surface area contributed by atoms with E-state index < -0.39 is 5.54 Å². The fraction of sp³-hybridized carbons (Fsp3) is 0.545. The first-order valence-corrected chi connectivity index (χ1v) is 5.05. The molecule has 4 heteroatoms. The van der Waals surface area contributed by atoms with Gasteiger partial charge in [-0.15, -0.1) is 0 Å². The van der Waals surface area contributed by atoms with Crippen molar-refractivity contribution in [3.8, 4) is 0 Å². The van der Waals surface area contributed by atoms with Gasteiger partial charge in [-0.3, -0.25) is 0 Å². The number of furan rings is 1. The summed E-state index contributed by atoms with van der Waals surface area (Å²) in [6, 6.07) is 1.84. The van der Waals surface area contributed by atoms with Gasteiger partial charge in [0.25, 0.3) is 0 Å². The van der Waals surface area contributed by atoms with E-state index in [0.717, 1.165) is 29.9 Å². The number of methoxy groups -OCH3 is 1. The molecule has 0 aliphatic heterocycles. The van der Waals surface area contributed by atoms with Crippen molar-refractivity contribution in [2.75, 3.05) is 7.11 Å². The van der Waals surface area contributed by atoms with Crippen LogP contribution in [0.5, 0.6) is 0 Å². The van der Waals surface area contributed by atoms with Crippen LogP contribution >= 0.6 is 0 Å². The van der Waals surface area contributed by atoms with Crippen molar-refractivity contribution >= 4 is 5.97 Å².